The lowest BCUT2D eigenvalue weighted by molar-refractivity contribution is 0.176. The number of aromatic nitrogens is 2. The molecular formula is C24H28N4O. The Bertz CT molecular complexity index is 936. The van der Waals surface area contributed by atoms with E-state index >= 15 is 0 Å². The minimum absolute atomic E-state index is 0.00953. The number of nitrogens with zero attached hydrogens (tertiary/aromatic N) is 3. The first-order valence-electron chi connectivity index (χ1n) is 10.3. The molecule has 1 atom stereocenters. The van der Waals surface area contributed by atoms with Gasteiger partial charge in [-0.05, 0) is 43.4 Å². The van der Waals surface area contributed by atoms with Crippen LogP contribution in [0, 0.1) is 12.8 Å². The highest BCUT2D eigenvalue weighted by Gasteiger charge is 2.25. The van der Waals surface area contributed by atoms with Crippen LogP contribution in [0.3, 0.4) is 0 Å². The molecule has 1 saturated heterocycles. The molecular weight excluding hydrogens is 360 g/mol. The van der Waals surface area contributed by atoms with Gasteiger partial charge >= 0.3 is 6.03 Å². The average molecular weight is 389 g/mol. The minimum Gasteiger partial charge on any atom is -0.328 e. The number of amides is 2. The molecule has 1 aliphatic rings. The van der Waals surface area contributed by atoms with E-state index in [1.54, 1.807) is 0 Å². The second-order valence-corrected chi connectivity index (χ2v) is 7.84. The van der Waals surface area contributed by atoms with Crippen molar-refractivity contribution in [3.63, 3.8) is 0 Å². The van der Waals surface area contributed by atoms with Crippen molar-refractivity contribution in [2.45, 2.75) is 32.7 Å². The number of para-hydroxylation sites is 1. The van der Waals surface area contributed by atoms with Crippen molar-refractivity contribution < 1.29 is 4.79 Å². The highest BCUT2D eigenvalue weighted by atomic mass is 16.2. The molecule has 2 amide bonds. The Morgan fingerprint density at radius 3 is 2.59 bits per heavy atom. The normalized spacial score (nSPS) is 16.6. The van der Waals surface area contributed by atoms with Crippen LogP contribution in [0.25, 0.3) is 0 Å². The molecule has 0 spiro atoms. The molecule has 0 bridgehead atoms. The quantitative estimate of drug-likeness (QED) is 0.687. The fourth-order valence-corrected chi connectivity index (χ4v) is 4.05. The summed E-state index contributed by atoms with van der Waals surface area (Å²) in [5.74, 6) is 1.54. The van der Waals surface area contributed by atoms with E-state index in [0.717, 1.165) is 50.4 Å². The first kappa shape index (κ1) is 19.2. The Hall–Kier alpha value is -3.08. The van der Waals surface area contributed by atoms with Crippen molar-refractivity contribution in [3.8, 4) is 0 Å². The molecule has 0 aliphatic carbocycles. The Morgan fingerprint density at radius 1 is 1.10 bits per heavy atom. The summed E-state index contributed by atoms with van der Waals surface area (Å²) in [6.45, 7) is 4.54. The van der Waals surface area contributed by atoms with Crippen LogP contribution in [0.2, 0.25) is 0 Å². The molecule has 2 aromatic carbocycles. The van der Waals surface area contributed by atoms with Gasteiger partial charge in [-0.15, -0.1) is 0 Å². The maximum absolute atomic E-state index is 12.7. The molecule has 150 valence electrons. The number of urea groups is 1. The lowest BCUT2D eigenvalue weighted by Crippen LogP contribution is -2.43. The Balaban J connectivity index is 1.40. The standard InChI is InChI=1S/C24H28N4O/c1-19-16-25-23(28(19)18-20-9-4-2-5-10-20)15-21-11-8-14-27(17-21)24(29)26-22-12-6-3-7-13-22/h2-7,9-10,12-13,16,21H,8,11,14-15,17-18H2,1H3,(H,26,29). The summed E-state index contributed by atoms with van der Waals surface area (Å²) in [5.41, 5.74) is 3.30. The van der Waals surface area contributed by atoms with Crippen molar-refractivity contribution in [2.24, 2.45) is 5.92 Å². The van der Waals surface area contributed by atoms with Gasteiger partial charge in [0.05, 0.1) is 0 Å². The number of hydrogen-bond acceptors (Lipinski definition) is 2. The highest BCUT2D eigenvalue weighted by Crippen LogP contribution is 2.22. The molecule has 5 nitrogen and oxygen atoms in total. The van der Waals surface area contributed by atoms with E-state index in [2.05, 4.69) is 46.1 Å². The number of nitrogens with one attached hydrogen (secondary N) is 1. The third-order valence-corrected chi connectivity index (χ3v) is 5.62. The zero-order chi connectivity index (χ0) is 20.1. The largest absolute Gasteiger partial charge is 0.328 e. The molecule has 0 radical (unpaired) electrons. The molecule has 0 saturated carbocycles. The van der Waals surface area contributed by atoms with E-state index in [9.17, 15) is 4.79 Å². The van der Waals surface area contributed by atoms with Crippen LogP contribution in [-0.2, 0) is 13.0 Å². The summed E-state index contributed by atoms with van der Waals surface area (Å²) < 4.78 is 2.30. The van der Waals surface area contributed by atoms with Gasteiger partial charge < -0.3 is 14.8 Å². The maximum atomic E-state index is 12.7. The van der Waals surface area contributed by atoms with Gasteiger partial charge in [0.1, 0.15) is 5.82 Å². The Kier molecular flexibility index (Phi) is 5.94. The van der Waals surface area contributed by atoms with Crippen molar-refractivity contribution in [1.82, 2.24) is 14.5 Å². The first-order valence-corrected chi connectivity index (χ1v) is 10.3. The number of carbonyl (C=O) groups excluding carboxylic acids is 1. The van der Waals surface area contributed by atoms with Gasteiger partial charge in [-0.2, -0.15) is 0 Å². The fourth-order valence-electron chi connectivity index (χ4n) is 4.05. The molecule has 4 rings (SSSR count). The van der Waals surface area contributed by atoms with E-state index in [1.165, 1.54) is 11.3 Å². The van der Waals surface area contributed by atoms with E-state index in [0.29, 0.717) is 5.92 Å². The van der Waals surface area contributed by atoms with E-state index in [4.69, 9.17) is 0 Å². The van der Waals surface area contributed by atoms with Crippen molar-refractivity contribution >= 4 is 11.7 Å². The molecule has 1 N–H and O–H groups in total. The SMILES string of the molecule is Cc1cnc(CC2CCCN(C(=O)Nc3ccccc3)C2)n1Cc1ccccc1. The molecule has 2 heterocycles. The Labute approximate surface area is 172 Å². The van der Waals surface area contributed by atoms with Crippen LogP contribution in [0.4, 0.5) is 10.5 Å². The Morgan fingerprint density at radius 2 is 1.83 bits per heavy atom. The van der Waals surface area contributed by atoms with Crippen LogP contribution in [-0.4, -0.2) is 33.6 Å². The van der Waals surface area contributed by atoms with Gasteiger partial charge in [0.15, 0.2) is 0 Å². The maximum Gasteiger partial charge on any atom is 0.321 e. The smallest absolute Gasteiger partial charge is 0.321 e. The predicted molar refractivity (Wildman–Crippen MR) is 116 cm³/mol. The summed E-state index contributed by atoms with van der Waals surface area (Å²) in [6, 6.07) is 20.1. The zero-order valence-electron chi connectivity index (χ0n) is 16.9. The molecule has 5 heteroatoms. The molecule has 1 fully saturated rings. The average Bonchev–Trinajstić information content (AvgIpc) is 3.09. The number of rotatable bonds is 5. The van der Waals surface area contributed by atoms with Gasteiger partial charge in [-0.3, -0.25) is 0 Å². The number of aryl methyl sites for hydroxylation is 1. The highest BCUT2D eigenvalue weighted by molar-refractivity contribution is 5.89. The summed E-state index contributed by atoms with van der Waals surface area (Å²) in [4.78, 5) is 19.3. The summed E-state index contributed by atoms with van der Waals surface area (Å²) in [7, 11) is 0. The molecule has 29 heavy (non-hydrogen) atoms. The summed E-state index contributed by atoms with van der Waals surface area (Å²) in [5, 5.41) is 3.01. The third-order valence-electron chi connectivity index (χ3n) is 5.62. The van der Waals surface area contributed by atoms with Crippen molar-refractivity contribution in [1.29, 1.82) is 0 Å². The lowest BCUT2D eigenvalue weighted by atomic mass is 9.94. The monoisotopic (exact) mass is 388 g/mol. The number of hydrogen-bond donors (Lipinski definition) is 1. The van der Waals surface area contributed by atoms with Crippen molar-refractivity contribution in [3.05, 3.63) is 83.9 Å². The fraction of sp³-hybridized carbons (Fsp3) is 0.333. The first-order chi connectivity index (χ1) is 14.2. The van der Waals surface area contributed by atoms with E-state index in [-0.39, 0.29) is 6.03 Å². The number of piperidine rings is 1. The minimum atomic E-state index is -0.00953. The van der Waals surface area contributed by atoms with Gasteiger partial charge in [-0.1, -0.05) is 48.5 Å². The summed E-state index contributed by atoms with van der Waals surface area (Å²) >= 11 is 0. The van der Waals surface area contributed by atoms with Gasteiger partial charge in [-0.25, -0.2) is 9.78 Å². The second kappa shape index (κ2) is 8.95. The number of anilines is 1. The number of carbonyl (C=O) groups is 1. The van der Waals surface area contributed by atoms with Crippen LogP contribution < -0.4 is 5.32 Å². The number of likely N-dealkylation sites (tertiary alicyclic amines) is 1. The van der Waals surface area contributed by atoms with Crippen molar-refractivity contribution in [2.75, 3.05) is 18.4 Å². The van der Waals surface area contributed by atoms with E-state index < -0.39 is 0 Å². The topological polar surface area (TPSA) is 50.2 Å². The van der Waals surface area contributed by atoms with Gasteiger partial charge in [0.2, 0.25) is 0 Å². The van der Waals surface area contributed by atoms with Crippen LogP contribution >= 0.6 is 0 Å². The molecule has 1 aromatic heterocycles. The lowest BCUT2D eigenvalue weighted by Gasteiger charge is -2.32. The predicted octanol–water partition coefficient (Wildman–Crippen LogP) is 4.73. The van der Waals surface area contributed by atoms with E-state index in [1.807, 2.05) is 47.5 Å². The van der Waals surface area contributed by atoms with Gasteiger partial charge in [0.25, 0.3) is 0 Å². The molecule has 1 aliphatic heterocycles. The number of imidazole rings is 1. The van der Waals surface area contributed by atoms with Crippen LogP contribution in [0.5, 0.6) is 0 Å². The van der Waals surface area contributed by atoms with Crippen LogP contribution in [0.1, 0.15) is 29.9 Å². The zero-order valence-corrected chi connectivity index (χ0v) is 16.9. The summed E-state index contributed by atoms with van der Waals surface area (Å²) in [6.07, 6.45) is 5.02. The molecule has 1 unspecified atom stereocenters. The van der Waals surface area contributed by atoms with Crippen LogP contribution in [0.15, 0.2) is 66.9 Å². The number of benzene rings is 2. The second-order valence-electron chi connectivity index (χ2n) is 7.84. The van der Waals surface area contributed by atoms with Gasteiger partial charge in [0, 0.05) is 43.6 Å². The third kappa shape index (κ3) is 4.86. The molecule has 3 aromatic rings.